The maximum atomic E-state index is 12.3. The van der Waals surface area contributed by atoms with Gasteiger partial charge in [-0.1, -0.05) is 30.3 Å². The summed E-state index contributed by atoms with van der Waals surface area (Å²) in [6, 6.07) is 13.6. The molecule has 2 N–H and O–H groups in total. The van der Waals surface area contributed by atoms with E-state index >= 15 is 0 Å². The van der Waals surface area contributed by atoms with Crippen molar-refractivity contribution < 1.29 is 19.3 Å². The van der Waals surface area contributed by atoms with Crippen LogP contribution >= 0.6 is 0 Å². The first-order chi connectivity index (χ1) is 12.7. The molecule has 6 heteroatoms. The standard InChI is InChI=1S/C20H18N2O4/c1-24-20(23)16-9-14-13-4-2-3-5-15(13)21-19(14)18(22-16)11-6-7-12-10-25-26-17(12)8-11/h2-8,16,18,21-22H,9-10H2,1H3/t16-,18-/m0/s1. The van der Waals surface area contributed by atoms with Crippen molar-refractivity contribution in [3.05, 3.63) is 64.8 Å². The second-order valence-corrected chi connectivity index (χ2v) is 6.66. The Bertz CT molecular complexity index is 1010. The number of hydrogen-bond donors (Lipinski definition) is 2. The van der Waals surface area contributed by atoms with Crippen molar-refractivity contribution >= 4 is 16.9 Å². The highest BCUT2D eigenvalue weighted by Crippen LogP contribution is 2.37. The van der Waals surface area contributed by atoms with Crippen molar-refractivity contribution in [3.63, 3.8) is 0 Å². The molecule has 3 aromatic rings. The summed E-state index contributed by atoms with van der Waals surface area (Å²) in [5.41, 5.74) is 5.32. The summed E-state index contributed by atoms with van der Waals surface area (Å²) in [5, 5.41) is 4.57. The van der Waals surface area contributed by atoms with Gasteiger partial charge in [-0.3, -0.25) is 10.1 Å². The van der Waals surface area contributed by atoms with E-state index in [2.05, 4.69) is 22.4 Å². The Morgan fingerprint density at radius 1 is 1.23 bits per heavy atom. The molecule has 0 saturated heterocycles. The summed E-state index contributed by atoms with van der Waals surface area (Å²) in [6.45, 7) is 0.454. The zero-order valence-corrected chi connectivity index (χ0v) is 14.2. The highest BCUT2D eigenvalue weighted by Gasteiger charge is 2.35. The largest absolute Gasteiger partial charge is 0.468 e. The molecule has 2 atom stereocenters. The Kier molecular flexibility index (Phi) is 3.48. The molecule has 2 aliphatic rings. The second-order valence-electron chi connectivity index (χ2n) is 6.66. The van der Waals surface area contributed by atoms with Crippen LogP contribution in [0.3, 0.4) is 0 Å². The molecule has 0 fully saturated rings. The summed E-state index contributed by atoms with van der Waals surface area (Å²) >= 11 is 0. The fourth-order valence-electron chi connectivity index (χ4n) is 3.90. The van der Waals surface area contributed by atoms with E-state index in [1.54, 1.807) is 0 Å². The molecular weight excluding hydrogens is 332 g/mol. The van der Waals surface area contributed by atoms with Crippen LogP contribution in [-0.4, -0.2) is 24.1 Å². The normalized spacial score (nSPS) is 21.1. The van der Waals surface area contributed by atoms with E-state index < -0.39 is 6.04 Å². The lowest BCUT2D eigenvalue weighted by molar-refractivity contribution is -0.194. The number of rotatable bonds is 2. The molecule has 0 bridgehead atoms. The number of fused-ring (bicyclic) bond motifs is 4. The van der Waals surface area contributed by atoms with Crippen LogP contribution in [0, 0.1) is 0 Å². The number of para-hydroxylation sites is 1. The topological polar surface area (TPSA) is 72.6 Å². The molecule has 0 saturated carbocycles. The van der Waals surface area contributed by atoms with Gasteiger partial charge in [0.2, 0.25) is 0 Å². The lowest BCUT2D eigenvalue weighted by Gasteiger charge is -2.30. The van der Waals surface area contributed by atoms with Crippen molar-refractivity contribution in [1.82, 2.24) is 10.3 Å². The van der Waals surface area contributed by atoms with Crippen LogP contribution in [-0.2, 0) is 27.4 Å². The molecule has 5 rings (SSSR count). The number of H-pyrrole nitrogens is 1. The highest BCUT2D eigenvalue weighted by molar-refractivity contribution is 5.87. The van der Waals surface area contributed by atoms with E-state index in [1.807, 2.05) is 30.3 Å². The number of ether oxygens (including phenoxy) is 1. The first kappa shape index (κ1) is 15.4. The zero-order valence-electron chi connectivity index (χ0n) is 14.2. The molecule has 3 heterocycles. The Morgan fingerprint density at radius 2 is 2.12 bits per heavy atom. The van der Waals surface area contributed by atoms with Crippen molar-refractivity contribution in [3.8, 4) is 5.75 Å². The Morgan fingerprint density at radius 3 is 3.00 bits per heavy atom. The molecule has 0 aliphatic carbocycles. The van der Waals surface area contributed by atoms with Crippen LogP contribution in [0.2, 0.25) is 0 Å². The van der Waals surface area contributed by atoms with E-state index in [0.29, 0.717) is 13.0 Å². The van der Waals surface area contributed by atoms with E-state index in [9.17, 15) is 4.79 Å². The average molecular weight is 350 g/mol. The highest BCUT2D eigenvalue weighted by atomic mass is 17.2. The minimum atomic E-state index is -0.401. The second kappa shape index (κ2) is 5.86. The van der Waals surface area contributed by atoms with Crippen molar-refractivity contribution in [2.45, 2.75) is 25.1 Å². The van der Waals surface area contributed by atoms with Gasteiger partial charge in [-0.25, -0.2) is 0 Å². The third kappa shape index (κ3) is 2.30. The number of aromatic amines is 1. The smallest absolute Gasteiger partial charge is 0.323 e. The maximum Gasteiger partial charge on any atom is 0.323 e. The molecule has 0 radical (unpaired) electrons. The predicted octanol–water partition coefficient (Wildman–Crippen LogP) is 2.77. The minimum Gasteiger partial charge on any atom is -0.468 e. The lowest BCUT2D eigenvalue weighted by atomic mass is 9.90. The molecule has 6 nitrogen and oxygen atoms in total. The predicted molar refractivity (Wildman–Crippen MR) is 94.6 cm³/mol. The lowest BCUT2D eigenvalue weighted by Crippen LogP contribution is -2.45. The molecule has 2 aromatic carbocycles. The molecule has 0 spiro atoms. The first-order valence-electron chi connectivity index (χ1n) is 8.60. The van der Waals surface area contributed by atoms with Crippen LogP contribution in [0.25, 0.3) is 10.9 Å². The third-order valence-corrected chi connectivity index (χ3v) is 5.18. The van der Waals surface area contributed by atoms with Gasteiger partial charge in [0.15, 0.2) is 5.75 Å². The van der Waals surface area contributed by atoms with Gasteiger partial charge < -0.3 is 14.6 Å². The summed E-state index contributed by atoms with van der Waals surface area (Å²) in [6.07, 6.45) is 0.590. The molecule has 0 unspecified atom stereocenters. The summed E-state index contributed by atoms with van der Waals surface area (Å²) in [7, 11) is 1.42. The molecular formula is C20H18N2O4. The summed E-state index contributed by atoms with van der Waals surface area (Å²) in [4.78, 5) is 26.1. The zero-order chi connectivity index (χ0) is 17.7. The summed E-state index contributed by atoms with van der Waals surface area (Å²) in [5.74, 6) is 0.467. The minimum absolute atomic E-state index is 0.162. The van der Waals surface area contributed by atoms with Crippen molar-refractivity contribution in [2.75, 3.05) is 7.11 Å². The van der Waals surface area contributed by atoms with Gasteiger partial charge in [0.25, 0.3) is 0 Å². The van der Waals surface area contributed by atoms with Gasteiger partial charge in [-0.05, 0) is 23.3 Å². The fourth-order valence-corrected chi connectivity index (χ4v) is 3.90. The number of benzene rings is 2. The van der Waals surface area contributed by atoms with E-state index in [4.69, 9.17) is 14.5 Å². The Hall–Kier alpha value is -2.83. The molecule has 0 amide bonds. The quantitative estimate of drug-likeness (QED) is 0.549. The SMILES string of the molecule is COC(=O)[C@@H]1Cc2c([nH]c3ccccc23)[C@H](c2ccc3c(c2)OOC3)N1. The van der Waals surface area contributed by atoms with Crippen LogP contribution in [0.1, 0.15) is 28.4 Å². The van der Waals surface area contributed by atoms with Gasteiger partial charge >= 0.3 is 5.97 Å². The fraction of sp³-hybridized carbons (Fsp3) is 0.250. The van der Waals surface area contributed by atoms with Gasteiger partial charge in [0.05, 0.1) is 13.2 Å². The maximum absolute atomic E-state index is 12.3. The number of carbonyl (C=O) groups excluding carboxylic acids is 1. The molecule has 1 aromatic heterocycles. The number of nitrogens with one attached hydrogen (secondary N) is 2. The van der Waals surface area contributed by atoms with Gasteiger partial charge in [0.1, 0.15) is 12.6 Å². The van der Waals surface area contributed by atoms with Gasteiger partial charge in [0, 0.05) is 28.6 Å². The number of hydrogen-bond acceptors (Lipinski definition) is 5. The number of aromatic nitrogens is 1. The van der Waals surface area contributed by atoms with Crippen LogP contribution in [0.4, 0.5) is 0 Å². The van der Waals surface area contributed by atoms with E-state index in [0.717, 1.165) is 39.0 Å². The van der Waals surface area contributed by atoms with E-state index in [-0.39, 0.29) is 12.0 Å². The van der Waals surface area contributed by atoms with Crippen molar-refractivity contribution in [1.29, 1.82) is 0 Å². The summed E-state index contributed by atoms with van der Waals surface area (Å²) < 4.78 is 5.00. The number of carbonyl (C=O) groups is 1. The van der Waals surface area contributed by atoms with Crippen LogP contribution < -0.4 is 10.2 Å². The third-order valence-electron chi connectivity index (χ3n) is 5.18. The van der Waals surface area contributed by atoms with Crippen molar-refractivity contribution in [2.24, 2.45) is 0 Å². The monoisotopic (exact) mass is 350 g/mol. The van der Waals surface area contributed by atoms with Crippen LogP contribution in [0.5, 0.6) is 5.75 Å². The van der Waals surface area contributed by atoms with Crippen LogP contribution in [0.15, 0.2) is 42.5 Å². The first-order valence-corrected chi connectivity index (χ1v) is 8.60. The average Bonchev–Trinajstić information content (AvgIpc) is 3.30. The molecule has 2 aliphatic heterocycles. The molecule has 26 heavy (non-hydrogen) atoms. The molecule has 132 valence electrons. The number of methoxy groups -OCH3 is 1. The van der Waals surface area contributed by atoms with E-state index in [1.165, 1.54) is 7.11 Å². The Balaban J connectivity index is 1.65. The van der Waals surface area contributed by atoms with Gasteiger partial charge in [-0.2, -0.15) is 4.89 Å². The number of esters is 1. The van der Waals surface area contributed by atoms with Gasteiger partial charge in [-0.15, -0.1) is 0 Å². The Labute approximate surface area is 150 Å².